The van der Waals surface area contributed by atoms with E-state index >= 15 is 0 Å². The fourth-order valence-electron chi connectivity index (χ4n) is 2.55. The lowest BCUT2D eigenvalue weighted by atomic mass is 10.0. The Kier molecular flexibility index (Phi) is 5.58. The Hall–Kier alpha value is -1.15. The van der Waals surface area contributed by atoms with Gasteiger partial charge in [0.15, 0.2) is 0 Å². The van der Waals surface area contributed by atoms with Gasteiger partial charge in [0.05, 0.1) is 7.11 Å². The molecule has 1 unspecified atom stereocenters. The van der Waals surface area contributed by atoms with E-state index < -0.39 is 10.2 Å². The van der Waals surface area contributed by atoms with Crippen molar-refractivity contribution in [3.63, 3.8) is 0 Å². The highest BCUT2D eigenvalue weighted by atomic mass is 32.2. The quantitative estimate of drug-likeness (QED) is 0.809. The van der Waals surface area contributed by atoms with Crippen LogP contribution in [-0.2, 0) is 16.8 Å². The summed E-state index contributed by atoms with van der Waals surface area (Å²) in [7, 11) is -1.90. The molecule has 6 nitrogen and oxygen atoms in total. The molecule has 0 radical (unpaired) electrons. The molecular weight excluding hydrogens is 290 g/mol. The number of rotatable bonds is 6. The number of ether oxygens (including phenoxy) is 1. The first-order valence-electron chi connectivity index (χ1n) is 7.13. The number of nitrogens with two attached hydrogens (primary N) is 1. The smallest absolute Gasteiger partial charge is 0.279 e. The molecule has 0 aromatic heterocycles. The van der Waals surface area contributed by atoms with Crippen molar-refractivity contribution in [1.82, 2.24) is 9.03 Å². The summed E-state index contributed by atoms with van der Waals surface area (Å²) in [5.74, 6) is 0.931. The largest absolute Gasteiger partial charge is 0.496 e. The van der Waals surface area contributed by atoms with Crippen molar-refractivity contribution in [2.45, 2.75) is 19.4 Å². The first-order chi connectivity index (χ1) is 10.1. The first-order valence-corrected chi connectivity index (χ1v) is 8.57. The Morgan fingerprint density at radius 3 is 2.90 bits per heavy atom. The summed E-state index contributed by atoms with van der Waals surface area (Å²) in [4.78, 5) is 0. The van der Waals surface area contributed by atoms with E-state index in [-0.39, 0.29) is 12.5 Å². The van der Waals surface area contributed by atoms with Gasteiger partial charge in [-0.15, -0.1) is 0 Å². The summed E-state index contributed by atoms with van der Waals surface area (Å²) in [5, 5.41) is 0. The molecule has 21 heavy (non-hydrogen) atoms. The van der Waals surface area contributed by atoms with Crippen LogP contribution in [0.5, 0.6) is 5.75 Å². The molecule has 0 amide bonds. The van der Waals surface area contributed by atoms with Gasteiger partial charge in [0.2, 0.25) is 0 Å². The van der Waals surface area contributed by atoms with E-state index in [0.29, 0.717) is 25.4 Å². The third-order valence-electron chi connectivity index (χ3n) is 3.79. The van der Waals surface area contributed by atoms with Crippen LogP contribution < -0.4 is 15.2 Å². The summed E-state index contributed by atoms with van der Waals surface area (Å²) < 4.78 is 34.1. The second-order valence-electron chi connectivity index (χ2n) is 5.24. The predicted molar refractivity (Wildman–Crippen MR) is 82.1 cm³/mol. The van der Waals surface area contributed by atoms with Gasteiger partial charge in [0, 0.05) is 25.2 Å². The summed E-state index contributed by atoms with van der Waals surface area (Å²) >= 11 is 0. The molecule has 1 aromatic rings. The fraction of sp³-hybridized carbons (Fsp3) is 0.571. The normalized spacial score (nSPS) is 20.4. The Balaban J connectivity index is 2.01. The maximum Gasteiger partial charge on any atom is 0.279 e. The lowest BCUT2D eigenvalue weighted by Gasteiger charge is -2.31. The van der Waals surface area contributed by atoms with Crippen LogP contribution in [0.1, 0.15) is 18.4 Å². The van der Waals surface area contributed by atoms with Crippen molar-refractivity contribution < 1.29 is 13.2 Å². The molecular formula is C14H23N3O3S. The zero-order chi connectivity index (χ0) is 15.3. The number of nitrogens with one attached hydrogen (secondary N) is 1. The number of hydrogen-bond donors (Lipinski definition) is 2. The minimum Gasteiger partial charge on any atom is -0.496 e. The van der Waals surface area contributed by atoms with Gasteiger partial charge in [-0.05, 0) is 31.4 Å². The lowest BCUT2D eigenvalue weighted by molar-refractivity contribution is 0.268. The van der Waals surface area contributed by atoms with Crippen LogP contribution in [0.25, 0.3) is 0 Å². The highest BCUT2D eigenvalue weighted by molar-refractivity contribution is 7.87. The molecule has 0 bridgehead atoms. The first kappa shape index (κ1) is 16.2. The maximum absolute atomic E-state index is 12.4. The second-order valence-corrected chi connectivity index (χ2v) is 7.00. The van der Waals surface area contributed by atoms with E-state index in [1.807, 2.05) is 24.3 Å². The Morgan fingerprint density at radius 2 is 2.19 bits per heavy atom. The molecule has 0 aliphatic carbocycles. The Bertz CT molecular complexity index is 562. The molecule has 1 aromatic carbocycles. The number of piperidine rings is 1. The van der Waals surface area contributed by atoms with Crippen molar-refractivity contribution >= 4 is 10.2 Å². The Morgan fingerprint density at radius 1 is 1.43 bits per heavy atom. The van der Waals surface area contributed by atoms with Gasteiger partial charge in [0.25, 0.3) is 10.2 Å². The molecule has 1 saturated heterocycles. The van der Waals surface area contributed by atoms with Crippen LogP contribution in [0.2, 0.25) is 0 Å². The van der Waals surface area contributed by atoms with Crippen LogP contribution in [0.15, 0.2) is 24.3 Å². The van der Waals surface area contributed by atoms with E-state index in [1.165, 1.54) is 4.31 Å². The summed E-state index contributed by atoms with van der Waals surface area (Å²) in [6.07, 6.45) is 1.85. The number of hydrogen-bond acceptors (Lipinski definition) is 4. The molecule has 7 heteroatoms. The number of para-hydroxylation sites is 1. The van der Waals surface area contributed by atoms with Gasteiger partial charge in [0.1, 0.15) is 5.75 Å². The summed E-state index contributed by atoms with van der Waals surface area (Å²) in [6, 6.07) is 7.38. The van der Waals surface area contributed by atoms with E-state index in [1.54, 1.807) is 7.11 Å². The molecule has 1 atom stereocenters. The van der Waals surface area contributed by atoms with Crippen molar-refractivity contribution in [1.29, 1.82) is 0 Å². The van der Waals surface area contributed by atoms with Gasteiger partial charge in [-0.3, -0.25) is 0 Å². The lowest BCUT2D eigenvalue weighted by Crippen LogP contribution is -2.47. The zero-order valence-electron chi connectivity index (χ0n) is 12.3. The van der Waals surface area contributed by atoms with E-state index in [4.69, 9.17) is 10.5 Å². The average molecular weight is 313 g/mol. The van der Waals surface area contributed by atoms with Crippen LogP contribution in [-0.4, -0.2) is 39.5 Å². The second kappa shape index (κ2) is 7.22. The molecule has 0 spiro atoms. The average Bonchev–Trinajstić information content (AvgIpc) is 2.53. The molecule has 1 aliphatic heterocycles. The third kappa shape index (κ3) is 4.16. The highest BCUT2D eigenvalue weighted by Gasteiger charge is 2.28. The topological polar surface area (TPSA) is 84.7 Å². The van der Waals surface area contributed by atoms with Gasteiger partial charge >= 0.3 is 0 Å². The zero-order valence-corrected chi connectivity index (χ0v) is 13.1. The summed E-state index contributed by atoms with van der Waals surface area (Å²) in [5.41, 5.74) is 6.47. The molecule has 1 aliphatic rings. The van der Waals surface area contributed by atoms with Crippen molar-refractivity contribution in [2.24, 2.45) is 11.7 Å². The Labute approximate surface area is 126 Å². The van der Waals surface area contributed by atoms with Crippen LogP contribution in [0, 0.1) is 5.92 Å². The van der Waals surface area contributed by atoms with E-state index in [0.717, 1.165) is 18.4 Å². The van der Waals surface area contributed by atoms with E-state index in [9.17, 15) is 8.42 Å². The monoisotopic (exact) mass is 313 g/mol. The fourth-order valence-corrected chi connectivity index (χ4v) is 3.84. The minimum absolute atomic E-state index is 0.218. The number of benzene rings is 1. The van der Waals surface area contributed by atoms with Gasteiger partial charge in [-0.1, -0.05) is 18.2 Å². The minimum atomic E-state index is -3.48. The van der Waals surface area contributed by atoms with Gasteiger partial charge < -0.3 is 10.5 Å². The van der Waals surface area contributed by atoms with Crippen molar-refractivity contribution in [2.75, 3.05) is 26.7 Å². The van der Waals surface area contributed by atoms with E-state index in [2.05, 4.69) is 4.72 Å². The van der Waals surface area contributed by atoms with Crippen LogP contribution in [0.3, 0.4) is 0 Å². The van der Waals surface area contributed by atoms with Crippen LogP contribution >= 0.6 is 0 Å². The number of methoxy groups -OCH3 is 1. The SMILES string of the molecule is COc1ccccc1CNS(=O)(=O)N1CCCC(CN)C1. The van der Waals surface area contributed by atoms with Gasteiger partial charge in [-0.2, -0.15) is 17.4 Å². The molecule has 0 saturated carbocycles. The maximum atomic E-state index is 12.4. The number of nitrogens with zero attached hydrogens (tertiary/aromatic N) is 1. The molecule has 2 rings (SSSR count). The van der Waals surface area contributed by atoms with Crippen LogP contribution in [0.4, 0.5) is 0 Å². The van der Waals surface area contributed by atoms with Crippen molar-refractivity contribution in [3.8, 4) is 5.75 Å². The van der Waals surface area contributed by atoms with Crippen molar-refractivity contribution in [3.05, 3.63) is 29.8 Å². The standard InChI is InChI=1S/C14H23N3O3S/c1-20-14-7-3-2-6-13(14)10-16-21(18,19)17-8-4-5-12(9-15)11-17/h2-3,6-7,12,16H,4-5,8-11,15H2,1H3. The predicted octanol–water partition coefficient (Wildman–Crippen LogP) is 0.700. The highest BCUT2D eigenvalue weighted by Crippen LogP contribution is 2.20. The molecule has 118 valence electrons. The third-order valence-corrected chi connectivity index (χ3v) is 5.31. The summed E-state index contributed by atoms with van der Waals surface area (Å²) in [6.45, 7) is 1.80. The molecule has 1 heterocycles. The molecule has 1 fully saturated rings. The van der Waals surface area contributed by atoms with Gasteiger partial charge in [-0.25, -0.2) is 0 Å². The molecule has 3 N–H and O–H groups in total.